The van der Waals surface area contributed by atoms with E-state index in [0.717, 1.165) is 32.5 Å². The number of piperidine rings is 1. The fourth-order valence-electron chi connectivity index (χ4n) is 3.58. The summed E-state index contributed by atoms with van der Waals surface area (Å²) >= 11 is 0. The number of hydrogen-bond acceptors (Lipinski definition) is 4. The standard InChI is InChI=1S/C21H29FN4/c1-16(2)25-21-23-12-19(13-24-21)15-26-11-3-4-18(14-26)6-5-17-7-9-20(22)10-8-17/h7-10,12-13,16,18H,3-6,11,14-15H2,1-2H3,(H,23,24,25)/t18-/m0/s1. The Morgan fingerprint density at radius 3 is 2.58 bits per heavy atom. The first kappa shape index (κ1) is 18.8. The van der Waals surface area contributed by atoms with Gasteiger partial charge in [-0.05, 0) is 69.7 Å². The molecular formula is C21H29FN4. The van der Waals surface area contributed by atoms with E-state index in [1.54, 1.807) is 12.1 Å². The van der Waals surface area contributed by atoms with Gasteiger partial charge in [-0.25, -0.2) is 14.4 Å². The van der Waals surface area contributed by atoms with E-state index in [1.165, 1.54) is 24.0 Å². The Morgan fingerprint density at radius 2 is 1.88 bits per heavy atom. The molecule has 1 aliphatic rings. The maximum Gasteiger partial charge on any atom is 0.222 e. The molecule has 4 nitrogen and oxygen atoms in total. The first-order chi connectivity index (χ1) is 12.6. The van der Waals surface area contributed by atoms with Crippen LogP contribution in [0.3, 0.4) is 0 Å². The summed E-state index contributed by atoms with van der Waals surface area (Å²) < 4.78 is 13.0. The second kappa shape index (κ2) is 9.08. The van der Waals surface area contributed by atoms with Crippen molar-refractivity contribution in [2.45, 2.75) is 52.1 Å². The number of aryl methyl sites for hydroxylation is 1. The van der Waals surface area contributed by atoms with Crippen molar-refractivity contribution in [2.75, 3.05) is 18.4 Å². The van der Waals surface area contributed by atoms with Crippen LogP contribution < -0.4 is 5.32 Å². The molecule has 1 atom stereocenters. The molecule has 5 heteroatoms. The molecule has 140 valence electrons. The Bertz CT molecular complexity index is 669. The highest BCUT2D eigenvalue weighted by atomic mass is 19.1. The Balaban J connectivity index is 1.47. The summed E-state index contributed by atoms with van der Waals surface area (Å²) in [4.78, 5) is 11.3. The normalized spacial score (nSPS) is 18.2. The van der Waals surface area contributed by atoms with Crippen molar-refractivity contribution in [1.82, 2.24) is 14.9 Å². The van der Waals surface area contributed by atoms with Gasteiger partial charge >= 0.3 is 0 Å². The number of likely N-dealkylation sites (tertiary alicyclic amines) is 1. The highest BCUT2D eigenvalue weighted by molar-refractivity contribution is 5.25. The Hall–Kier alpha value is -2.01. The molecule has 2 heterocycles. The number of nitrogens with zero attached hydrogens (tertiary/aromatic N) is 3. The van der Waals surface area contributed by atoms with E-state index in [-0.39, 0.29) is 5.82 Å². The van der Waals surface area contributed by atoms with E-state index >= 15 is 0 Å². The van der Waals surface area contributed by atoms with Gasteiger partial charge in [0.1, 0.15) is 5.82 Å². The van der Waals surface area contributed by atoms with Crippen LogP contribution in [-0.2, 0) is 13.0 Å². The maximum absolute atomic E-state index is 13.0. The van der Waals surface area contributed by atoms with Gasteiger partial charge in [0.25, 0.3) is 0 Å². The van der Waals surface area contributed by atoms with Crippen LogP contribution in [0.2, 0.25) is 0 Å². The lowest BCUT2D eigenvalue weighted by Crippen LogP contribution is -2.35. The fourth-order valence-corrected chi connectivity index (χ4v) is 3.58. The molecule has 3 rings (SSSR count). The van der Waals surface area contributed by atoms with E-state index in [9.17, 15) is 4.39 Å². The van der Waals surface area contributed by atoms with Crippen molar-refractivity contribution in [3.05, 3.63) is 53.6 Å². The van der Waals surface area contributed by atoms with Crippen LogP contribution in [0.4, 0.5) is 10.3 Å². The van der Waals surface area contributed by atoms with Crippen molar-refractivity contribution in [1.29, 1.82) is 0 Å². The lowest BCUT2D eigenvalue weighted by Gasteiger charge is -2.32. The summed E-state index contributed by atoms with van der Waals surface area (Å²) in [6, 6.07) is 7.26. The van der Waals surface area contributed by atoms with Crippen molar-refractivity contribution < 1.29 is 4.39 Å². The molecule has 0 radical (unpaired) electrons. The first-order valence-corrected chi connectivity index (χ1v) is 9.63. The first-order valence-electron chi connectivity index (χ1n) is 9.63. The van der Waals surface area contributed by atoms with Crippen molar-refractivity contribution >= 4 is 5.95 Å². The van der Waals surface area contributed by atoms with Crippen molar-refractivity contribution in [3.63, 3.8) is 0 Å². The van der Waals surface area contributed by atoms with Gasteiger partial charge in [0.2, 0.25) is 5.95 Å². The summed E-state index contributed by atoms with van der Waals surface area (Å²) in [5.41, 5.74) is 2.39. The minimum atomic E-state index is -0.158. The molecule has 0 bridgehead atoms. The van der Waals surface area contributed by atoms with Gasteiger partial charge in [0.15, 0.2) is 0 Å². The molecule has 1 aliphatic heterocycles. The Labute approximate surface area is 155 Å². The van der Waals surface area contributed by atoms with Gasteiger partial charge in [-0.15, -0.1) is 0 Å². The average Bonchev–Trinajstić information content (AvgIpc) is 2.63. The van der Waals surface area contributed by atoms with E-state index in [0.29, 0.717) is 17.9 Å². The molecule has 26 heavy (non-hydrogen) atoms. The second-order valence-electron chi connectivity index (χ2n) is 7.62. The van der Waals surface area contributed by atoms with Gasteiger partial charge in [-0.3, -0.25) is 4.90 Å². The van der Waals surface area contributed by atoms with Gasteiger partial charge in [-0.1, -0.05) is 12.1 Å². The Morgan fingerprint density at radius 1 is 1.15 bits per heavy atom. The number of nitrogens with one attached hydrogen (secondary N) is 1. The highest BCUT2D eigenvalue weighted by Gasteiger charge is 2.20. The molecule has 2 aromatic rings. The third kappa shape index (κ3) is 5.77. The number of anilines is 1. The Kier molecular flexibility index (Phi) is 6.56. The van der Waals surface area contributed by atoms with Gasteiger partial charge < -0.3 is 5.32 Å². The van der Waals surface area contributed by atoms with Crippen LogP contribution >= 0.6 is 0 Å². The SMILES string of the molecule is CC(C)Nc1ncc(CN2CCC[C@@H](CCc3ccc(F)cc3)C2)cn1. The molecular weight excluding hydrogens is 327 g/mol. The van der Waals surface area contributed by atoms with Crippen LogP contribution in [0.5, 0.6) is 0 Å². The van der Waals surface area contributed by atoms with Crippen molar-refractivity contribution in [3.8, 4) is 0 Å². The molecule has 0 spiro atoms. The minimum absolute atomic E-state index is 0.158. The van der Waals surface area contributed by atoms with Crippen LogP contribution in [-0.4, -0.2) is 34.0 Å². The van der Waals surface area contributed by atoms with E-state index in [2.05, 4.69) is 34.0 Å². The molecule has 0 saturated carbocycles. The molecule has 0 aliphatic carbocycles. The molecule has 1 fully saturated rings. The number of halogens is 1. The lowest BCUT2D eigenvalue weighted by molar-refractivity contribution is 0.161. The monoisotopic (exact) mass is 356 g/mol. The summed E-state index contributed by atoms with van der Waals surface area (Å²) in [6.45, 7) is 7.33. The summed E-state index contributed by atoms with van der Waals surface area (Å²) in [5.74, 6) is 1.24. The number of rotatable bonds is 7. The number of benzene rings is 1. The van der Waals surface area contributed by atoms with Crippen LogP contribution in [0, 0.1) is 11.7 Å². The smallest absolute Gasteiger partial charge is 0.222 e. The van der Waals surface area contributed by atoms with Crippen LogP contribution in [0.15, 0.2) is 36.7 Å². The zero-order valence-corrected chi connectivity index (χ0v) is 15.8. The third-order valence-corrected chi connectivity index (χ3v) is 4.89. The summed E-state index contributed by atoms with van der Waals surface area (Å²) in [7, 11) is 0. The highest BCUT2D eigenvalue weighted by Crippen LogP contribution is 2.23. The maximum atomic E-state index is 13.0. The largest absolute Gasteiger partial charge is 0.352 e. The second-order valence-corrected chi connectivity index (χ2v) is 7.62. The molecule has 1 aromatic heterocycles. The van der Waals surface area contributed by atoms with Crippen molar-refractivity contribution in [2.24, 2.45) is 5.92 Å². The zero-order valence-electron chi connectivity index (χ0n) is 15.8. The molecule has 0 amide bonds. The van der Waals surface area contributed by atoms with E-state index < -0.39 is 0 Å². The fraction of sp³-hybridized carbons (Fsp3) is 0.524. The lowest BCUT2D eigenvalue weighted by atomic mass is 9.91. The summed E-state index contributed by atoms with van der Waals surface area (Å²) in [5, 5.41) is 3.22. The third-order valence-electron chi connectivity index (χ3n) is 4.89. The molecule has 1 saturated heterocycles. The average molecular weight is 356 g/mol. The molecule has 1 aromatic carbocycles. The number of aromatic nitrogens is 2. The molecule has 1 N–H and O–H groups in total. The predicted octanol–water partition coefficient (Wildman–Crippen LogP) is 4.28. The van der Waals surface area contributed by atoms with Gasteiger partial charge in [-0.2, -0.15) is 0 Å². The quantitative estimate of drug-likeness (QED) is 0.804. The number of hydrogen-bond donors (Lipinski definition) is 1. The van der Waals surface area contributed by atoms with Gasteiger partial charge in [0, 0.05) is 37.1 Å². The van der Waals surface area contributed by atoms with E-state index in [1.807, 2.05) is 24.5 Å². The topological polar surface area (TPSA) is 41.1 Å². The molecule has 0 unspecified atom stereocenters. The zero-order chi connectivity index (χ0) is 18.4. The van der Waals surface area contributed by atoms with Crippen LogP contribution in [0.25, 0.3) is 0 Å². The van der Waals surface area contributed by atoms with Gasteiger partial charge in [0.05, 0.1) is 0 Å². The summed E-state index contributed by atoms with van der Waals surface area (Å²) in [6.07, 6.45) is 8.57. The van der Waals surface area contributed by atoms with E-state index in [4.69, 9.17) is 0 Å². The van der Waals surface area contributed by atoms with Crippen LogP contribution in [0.1, 0.15) is 44.2 Å². The minimum Gasteiger partial charge on any atom is -0.352 e. The predicted molar refractivity (Wildman–Crippen MR) is 104 cm³/mol.